The number of ether oxygens (including phenoxy) is 4. The summed E-state index contributed by atoms with van der Waals surface area (Å²) >= 11 is 4.29. The van der Waals surface area contributed by atoms with Gasteiger partial charge in [0.15, 0.2) is 0 Å². The highest BCUT2D eigenvalue weighted by Crippen LogP contribution is 2.49. The molecule has 0 aliphatic carbocycles. The van der Waals surface area contributed by atoms with Crippen LogP contribution in [-0.4, -0.2) is 67.4 Å². The first-order valence-corrected chi connectivity index (χ1v) is 10.5. The predicted octanol–water partition coefficient (Wildman–Crippen LogP) is 2.94. The molecule has 3 rings (SSSR count). The second kappa shape index (κ2) is 9.14. The van der Waals surface area contributed by atoms with Gasteiger partial charge in [-0.25, -0.2) is 0 Å². The minimum atomic E-state index is 0.279. The molecule has 3 fully saturated rings. The van der Waals surface area contributed by atoms with Crippen LogP contribution in [0.2, 0.25) is 0 Å². The van der Waals surface area contributed by atoms with Crippen LogP contribution in [0.25, 0.3) is 0 Å². The third kappa shape index (κ3) is 5.28. The molecular formula is C16H28O4S2. The van der Waals surface area contributed by atoms with E-state index in [2.05, 4.69) is 23.5 Å². The molecular weight excluding hydrogens is 320 g/mol. The lowest BCUT2D eigenvalue weighted by Gasteiger charge is -2.39. The van der Waals surface area contributed by atoms with Crippen molar-refractivity contribution >= 4 is 23.5 Å². The van der Waals surface area contributed by atoms with Crippen LogP contribution in [0.15, 0.2) is 0 Å². The topological polar surface area (TPSA) is 36.9 Å². The van der Waals surface area contributed by atoms with Gasteiger partial charge in [-0.3, -0.25) is 0 Å². The maximum Gasteiger partial charge on any atom is 0.0831 e. The Morgan fingerprint density at radius 2 is 1.55 bits per heavy atom. The van der Waals surface area contributed by atoms with Crippen molar-refractivity contribution in [3.05, 3.63) is 0 Å². The van der Waals surface area contributed by atoms with Crippen molar-refractivity contribution in [2.45, 2.75) is 48.4 Å². The second-order valence-electron chi connectivity index (χ2n) is 6.19. The molecule has 0 radical (unpaired) electrons. The second-order valence-corrected chi connectivity index (χ2v) is 9.41. The molecule has 0 aromatic heterocycles. The summed E-state index contributed by atoms with van der Waals surface area (Å²) in [6.07, 6.45) is 6.59. The van der Waals surface area contributed by atoms with Crippen LogP contribution in [0, 0.1) is 0 Å². The molecule has 0 N–H and O–H groups in total. The quantitative estimate of drug-likeness (QED) is 0.735. The summed E-state index contributed by atoms with van der Waals surface area (Å²) in [7, 11) is 0. The third-order valence-corrected chi connectivity index (χ3v) is 7.90. The third-order valence-electron chi connectivity index (χ3n) is 4.41. The van der Waals surface area contributed by atoms with E-state index in [1.807, 2.05) is 0 Å². The molecule has 0 aromatic carbocycles. The van der Waals surface area contributed by atoms with Gasteiger partial charge in [-0.1, -0.05) is 0 Å². The highest BCUT2D eigenvalue weighted by atomic mass is 32.2. The number of hydrogen-bond donors (Lipinski definition) is 0. The van der Waals surface area contributed by atoms with Crippen LogP contribution in [0.5, 0.6) is 0 Å². The standard InChI is InChI=1S/C16H28O4S2/c1(3-14-12-17-5-7-19-14)4-16(21-9-2-10-22-16)11-15-13-18-6-8-20-15/h14-15H,1-13H2/t14-,15-/m1/s1. The molecule has 22 heavy (non-hydrogen) atoms. The molecule has 0 bridgehead atoms. The normalized spacial score (nSPS) is 32.7. The fourth-order valence-electron chi connectivity index (χ4n) is 3.28. The van der Waals surface area contributed by atoms with E-state index in [-0.39, 0.29) is 6.10 Å². The van der Waals surface area contributed by atoms with E-state index in [1.54, 1.807) is 0 Å². The van der Waals surface area contributed by atoms with Gasteiger partial charge in [-0.05, 0) is 43.6 Å². The number of rotatable bonds is 6. The van der Waals surface area contributed by atoms with Gasteiger partial charge >= 0.3 is 0 Å². The highest BCUT2D eigenvalue weighted by Gasteiger charge is 2.37. The van der Waals surface area contributed by atoms with E-state index >= 15 is 0 Å². The van der Waals surface area contributed by atoms with E-state index in [4.69, 9.17) is 18.9 Å². The van der Waals surface area contributed by atoms with Gasteiger partial charge in [0.05, 0.1) is 55.9 Å². The minimum Gasteiger partial charge on any atom is -0.376 e. The average molecular weight is 349 g/mol. The first-order valence-electron chi connectivity index (χ1n) is 8.53. The van der Waals surface area contributed by atoms with Gasteiger partial charge < -0.3 is 18.9 Å². The van der Waals surface area contributed by atoms with Crippen molar-refractivity contribution in [1.29, 1.82) is 0 Å². The summed E-state index contributed by atoms with van der Waals surface area (Å²) in [6.45, 7) is 4.55. The van der Waals surface area contributed by atoms with Crippen molar-refractivity contribution in [2.24, 2.45) is 0 Å². The molecule has 3 aliphatic rings. The molecule has 128 valence electrons. The van der Waals surface area contributed by atoms with Crippen molar-refractivity contribution in [2.75, 3.05) is 51.1 Å². The van der Waals surface area contributed by atoms with E-state index in [1.165, 1.54) is 30.8 Å². The SMILES string of the molecule is C1CSC(CCC[C@@H]2COCCO2)(C[C@@H]2COCCO2)SC1. The fourth-order valence-corrected chi connectivity index (χ4v) is 6.81. The molecule has 0 aromatic rings. The summed E-state index contributed by atoms with van der Waals surface area (Å²) in [5.41, 5.74) is 0. The van der Waals surface area contributed by atoms with Crippen molar-refractivity contribution < 1.29 is 18.9 Å². The van der Waals surface area contributed by atoms with E-state index in [0.29, 0.717) is 10.2 Å². The number of thioether (sulfide) groups is 2. The lowest BCUT2D eigenvalue weighted by atomic mass is 10.1. The Kier molecular flexibility index (Phi) is 7.21. The first-order chi connectivity index (χ1) is 10.9. The Balaban J connectivity index is 1.47. The Hall–Kier alpha value is 0.540. The van der Waals surface area contributed by atoms with Gasteiger partial charge in [-0.15, -0.1) is 23.5 Å². The lowest BCUT2D eigenvalue weighted by Crippen LogP contribution is -2.37. The molecule has 0 saturated carbocycles. The van der Waals surface area contributed by atoms with Gasteiger partial charge in [0.25, 0.3) is 0 Å². The van der Waals surface area contributed by atoms with Gasteiger partial charge in [-0.2, -0.15) is 0 Å². The van der Waals surface area contributed by atoms with Crippen molar-refractivity contribution in [3.63, 3.8) is 0 Å². The molecule has 6 heteroatoms. The maximum atomic E-state index is 5.91. The molecule has 3 saturated heterocycles. The fraction of sp³-hybridized carbons (Fsp3) is 1.00. The Labute approximate surface area is 142 Å². The summed E-state index contributed by atoms with van der Waals surface area (Å²) in [4.78, 5) is 0. The minimum absolute atomic E-state index is 0.279. The van der Waals surface area contributed by atoms with Crippen LogP contribution < -0.4 is 0 Å². The van der Waals surface area contributed by atoms with Crippen LogP contribution in [0.1, 0.15) is 32.1 Å². The van der Waals surface area contributed by atoms with E-state index < -0.39 is 0 Å². The summed E-state index contributed by atoms with van der Waals surface area (Å²) in [5.74, 6) is 2.56. The molecule has 0 unspecified atom stereocenters. The van der Waals surface area contributed by atoms with Gasteiger partial charge in [0.2, 0.25) is 0 Å². The van der Waals surface area contributed by atoms with Crippen molar-refractivity contribution in [1.82, 2.24) is 0 Å². The van der Waals surface area contributed by atoms with E-state index in [9.17, 15) is 0 Å². The first kappa shape index (κ1) is 17.4. The lowest BCUT2D eigenvalue weighted by molar-refractivity contribution is -0.0939. The molecule has 3 aliphatic heterocycles. The summed E-state index contributed by atoms with van der Waals surface area (Å²) in [5, 5.41) is 0. The van der Waals surface area contributed by atoms with Crippen molar-refractivity contribution in [3.8, 4) is 0 Å². The zero-order valence-electron chi connectivity index (χ0n) is 13.3. The Morgan fingerprint density at radius 1 is 0.864 bits per heavy atom. The van der Waals surface area contributed by atoms with E-state index in [0.717, 1.165) is 52.5 Å². The van der Waals surface area contributed by atoms with Crippen LogP contribution in [0.4, 0.5) is 0 Å². The molecule has 0 spiro atoms. The van der Waals surface area contributed by atoms with Gasteiger partial charge in [0, 0.05) is 0 Å². The average Bonchev–Trinajstić information content (AvgIpc) is 2.58. The Morgan fingerprint density at radius 3 is 2.18 bits per heavy atom. The highest BCUT2D eigenvalue weighted by molar-refractivity contribution is 8.18. The molecule has 3 heterocycles. The Bertz CT molecular complexity index is 311. The molecule has 2 atom stereocenters. The molecule has 0 amide bonds. The maximum absolute atomic E-state index is 5.91. The van der Waals surface area contributed by atoms with Crippen LogP contribution in [-0.2, 0) is 18.9 Å². The largest absolute Gasteiger partial charge is 0.376 e. The zero-order valence-corrected chi connectivity index (χ0v) is 14.9. The van der Waals surface area contributed by atoms with Crippen LogP contribution >= 0.6 is 23.5 Å². The number of hydrogen-bond acceptors (Lipinski definition) is 6. The summed E-state index contributed by atoms with van der Waals surface area (Å²) < 4.78 is 23.1. The zero-order chi connectivity index (χ0) is 15.1. The monoisotopic (exact) mass is 348 g/mol. The van der Waals surface area contributed by atoms with Gasteiger partial charge in [0.1, 0.15) is 0 Å². The predicted molar refractivity (Wildman–Crippen MR) is 91.9 cm³/mol. The smallest absolute Gasteiger partial charge is 0.0831 e. The summed E-state index contributed by atoms with van der Waals surface area (Å²) in [6, 6.07) is 0. The van der Waals surface area contributed by atoms with Crippen LogP contribution in [0.3, 0.4) is 0 Å². The molecule has 4 nitrogen and oxygen atoms in total.